The average Bonchev–Trinajstić information content (AvgIpc) is 2.96. The van der Waals surface area contributed by atoms with E-state index in [-0.39, 0.29) is 41.0 Å². The Balaban J connectivity index is 2.28. The topological polar surface area (TPSA) is 129 Å². The van der Waals surface area contributed by atoms with Crippen LogP contribution in [0, 0.1) is 5.92 Å². The Morgan fingerprint density at radius 2 is 1.83 bits per heavy atom. The van der Waals surface area contributed by atoms with Gasteiger partial charge in [-0.15, -0.1) is 11.6 Å². The van der Waals surface area contributed by atoms with Crippen LogP contribution in [0.25, 0.3) is 0 Å². The highest BCUT2D eigenvalue weighted by Crippen LogP contribution is 2.37. The molecule has 1 aromatic carbocycles. The van der Waals surface area contributed by atoms with Crippen LogP contribution in [0.1, 0.15) is 35.2 Å². The van der Waals surface area contributed by atoms with E-state index < -0.39 is 59.2 Å². The fourth-order valence-corrected chi connectivity index (χ4v) is 7.71. The summed E-state index contributed by atoms with van der Waals surface area (Å²) in [6.45, 7) is 0. The van der Waals surface area contributed by atoms with Gasteiger partial charge in [-0.3, -0.25) is 14.4 Å². The van der Waals surface area contributed by atoms with Crippen LogP contribution in [0.2, 0.25) is 0 Å². The standard InChI is InChI=1S/C18H19ClO8S2/c1-27-15(9-19)29(25,26)18-10-7-8-28(23,24)14(10)6-5-11(18)17(22)16-12(20)3-2-4-13(16)21/h5-6,15-16H,2-4,7-9H2,1H3. The number of carbonyl (C=O) groups excluding carboxylic acids is 3. The van der Waals surface area contributed by atoms with Crippen LogP contribution >= 0.6 is 11.6 Å². The maximum absolute atomic E-state index is 13.2. The van der Waals surface area contributed by atoms with E-state index >= 15 is 0 Å². The van der Waals surface area contributed by atoms with Crippen molar-refractivity contribution in [3.8, 4) is 0 Å². The number of fused-ring (bicyclic) bond motifs is 1. The van der Waals surface area contributed by atoms with Gasteiger partial charge < -0.3 is 4.74 Å². The lowest BCUT2D eigenvalue weighted by molar-refractivity contribution is -0.133. The zero-order valence-electron chi connectivity index (χ0n) is 15.5. The second-order valence-electron chi connectivity index (χ2n) is 6.94. The third kappa shape index (κ3) is 3.67. The Kier molecular flexibility index (Phi) is 6.01. The molecule has 3 rings (SSSR count). The number of Topliss-reactive ketones (excluding diaryl/α,β-unsaturated/α-hetero) is 3. The fourth-order valence-electron chi connectivity index (χ4n) is 3.76. The van der Waals surface area contributed by atoms with E-state index in [4.69, 9.17) is 16.3 Å². The summed E-state index contributed by atoms with van der Waals surface area (Å²) in [6.07, 6.45) is 0.323. The van der Waals surface area contributed by atoms with Gasteiger partial charge in [-0.2, -0.15) is 0 Å². The van der Waals surface area contributed by atoms with Gasteiger partial charge in [0.15, 0.2) is 32.6 Å². The minimum absolute atomic E-state index is 0.0290. The lowest BCUT2D eigenvalue weighted by atomic mass is 9.81. The Hall–Kier alpha value is -1.62. The molecule has 0 bridgehead atoms. The summed E-state index contributed by atoms with van der Waals surface area (Å²) in [6, 6.07) is 2.22. The molecular formula is C18H19ClO8S2. The number of carbonyl (C=O) groups is 3. The molecule has 1 saturated carbocycles. The third-order valence-corrected chi connectivity index (χ3v) is 9.55. The number of halogens is 1. The van der Waals surface area contributed by atoms with Gasteiger partial charge in [-0.1, -0.05) is 0 Å². The molecule has 0 radical (unpaired) electrons. The zero-order valence-corrected chi connectivity index (χ0v) is 17.9. The minimum atomic E-state index is -4.39. The van der Waals surface area contributed by atoms with E-state index in [2.05, 4.69) is 0 Å². The van der Waals surface area contributed by atoms with Gasteiger partial charge in [0.2, 0.25) is 9.84 Å². The molecule has 11 heteroatoms. The van der Waals surface area contributed by atoms with Crippen molar-refractivity contribution in [3.05, 3.63) is 23.3 Å². The first-order valence-electron chi connectivity index (χ1n) is 8.87. The molecule has 0 amide bonds. The lowest BCUT2D eigenvalue weighted by Crippen LogP contribution is -2.37. The predicted molar refractivity (Wildman–Crippen MR) is 103 cm³/mol. The van der Waals surface area contributed by atoms with Crippen molar-refractivity contribution < 1.29 is 36.0 Å². The lowest BCUT2D eigenvalue weighted by Gasteiger charge is -2.22. The van der Waals surface area contributed by atoms with Crippen molar-refractivity contribution in [2.75, 3.05) is 18.7 Å². The molecule has 1 fully saturated rings. The molecular weight excluding hydrogens is 444 g/mol. The smallest absolute Gasteiger partial charge is 0.207 e. The fraction of sp³-hybridized carbons (Fsp3) is 0.500. The molecule has 1 aliphatic heterocycles. The predicted octanol–water partition coefficient (Wildman–Crippen LogP) is 1.12. The van der Waals surface area contributed by atoms with Gasteiger partial charge in [0, 0.05) is 25.5 Å². The molecule has 1 atom stereocenters. The van der Waals surface area contributed by atoms with Gasteiger partial charge in [0.1, 0.15) is 5.92 Å². The van der Waals surface area contributed by atoms with Crippen LogP contribution in [0.4, 0.5) is 0 Å². The Morgan fingerprint density at radius 1 is 1.21 bits per heavy atom. The maximum atomic E-state index is 13.2. The number of rotatable bonds is 6. The van der Waals surface area contributed by atoms with Gasteiger partial charge >= 0.3 is 0 Å². The first-order chi connectivity index (χ1) is 13.6. The average molecular weight is 463 g/mol. The number of benzene rings is 1. The minimum Gasteiger partial charge on any atom is -0.364 e. The van der Waals surface area contributed by atoms with Crippen molar-refractivity contribution in [3.63, 3.8) is 0 Å². The number of ketones is 3. The molecule has 2 aliphatic rings. The number of hydrogen-bond acceptors (Lipinski definition) is 8. The Morgan fingerprint density at radius 3 is 2.38 bits per heavy atom. The van der Waals surface area contributed by atoms with Crippen LogP contribution in [0.15, 0.2) is 21.9 Å². The summed E-state index contributed by atoms with van der Waals surface area (Å²) in [5.41, 5.74) is -1.93. The normalized spacial score (nSPS) is 20.5. The van der Waals surface area contributed by atoms with Gasteiger partial charge in [-0.25, -0.2) is 16.8 Å². The quantitative estimate of drug-likeness (QED) is 0.349. The van der Waals surface area contributed by atoms with E-state index in [1.165, 1.54) is 0 Å². The van der Waals surface area contributed by atoms with Crippen LogP contribution in [-0.4, -0.2) is 58.4 Å². The van der Waals surface area contributed by atoms with Crippen LogP contribution in [0.3, 0.4) is 0 Å². The van der Waals surface area contributed by atoms with E-state index in [1.54, 1.807) is 0 Å². The van der Waals surface area contributed by atoms with E-state index in [0.717, 1.165) is 19.2 Å². The molecule has 0 spiro atoms. The van der Waals surface area contributed by atoms with Gasteiger partial charge in [0.25, 0.3) is 0 Å². The highest BCUT2D eigenvalue weighted by molar-refractivity contribution is 7.93. The molecule has 1 aromatic rings. The number of methoxy groups -OCH3 is 1. The summed E-state index contributed by atoms with van der Waals surface area (Å²) in [5.74, 6) is -4.40. The van der Waals surface area contributed by atoms with Crippen molar-refractivity contribution in [1.29, 1.82) is 0 Å². The number of ether oxygens (including phenoxy) is 1. The number of alkyl halides is 1. The monoisotopic (exact) mass is 462 g/mol. The van der Waals surface area contributed by atoms with E-state index in [9.17, 15) is 31.2 Å². The summed E-state index contributed by atoms with van der Waals surface area (Å²) in [5, 5.41) is 0. The zero-order chi connectivity index (χ0) is 21.6. The Labute approximate surface area is 173 Å². The Bertz CT molecular complexity index is 1080. The largest absolute Gasteiger partial charge is 0.364 e. The molecule has 1 heterocycles. The molecule has 1 unspecified atom stereocenters. The molecule has 158 valence electrons. The van der Waals surface area contributed by atoms with Crippen molar-refractivity contribution in [2.45, 2.75) is 40.9 Å². The maximum Gasteiger partial charge on any atom is 0.207 e. The van der Waals surface area contributed by atoms with Gasteiger partial charge in [-0.05, 0) is 30.5 Å². The molecule has 1 aliphatic carbocycles. The molecule has 0 N–H and O–H groups in total. The number of hydrogen-bond donors (Lipinski definition) is 0. The summed E-state index contributed by atoms with van der Waals surface area (Å²) in [4.78, 5) is 36.9. The van der Waals surface area contributed by atoms with Gasteiger partial charge in [0.05, 0.1) is 21.4 Å². The second kappa shape index (κ2) is 7.90. The van der Waals surface area contributed by atoms with Crippen LogP contribution < -0.4 is 0 Å². The summed E-state index contributed by atoms with van der Waals surface area (Å²) in [7, 11) is -6.96. The molecule has 8 nitrogen and oxygen atoms in total. The SMILES string of the molecule is COC(CCl)S(=O)(=O)c1c(C(=O)C2C(=O)CCCC2=O)ccc2c1CCS2(=O)=O. The first kappa shape index (κ1) is 22.1. The first-order valence-corrected chi connectivity index (χ1v) is 12.6. The van der Waals surface area contributed by atoms with Crippen LogP contribution in [-0.2, 0) is 40.4 Å². The van der Waals surface area contributed by atoms with E-state index in [0.29, 0.717) is 6.42 Å². The van der Waals surface area contributed by atoms with Crippen molar-refractivity contribution >= 4 is 48.6 Å². The van der Waals surface area contributed by atoms with E-state index in [1.807, 2.05) is 0 Å². The van der Waals surface area contributed by atoms with Crippen molar-refractivity contribution in [2.24, 2.45) is 5.92 Å². The summed E-state index contributed by atoms with van der Waals surface area (Å²) >= 11 is 5.72. The van der Waals surface area contributed by atoms with Crippen LogP contribution in [0.5, 0.6) is 0 Å². The molecule has 29 heavy (non-hydrogen) atoms. The number of sulfone groups is 2. The second-order valence-corrected chi connectivity index (χ2v) is 11.3. The highest BCUT2D eigenvalue weighted by atomic mass is 35.5. The highest BCUT2D eigenvalue weighted by Gasteiger charge is 2.43. The summed E-state index contributed by atoms with van der Waals surface area (Å²) < 4.78 is 55.9. The molecule has 0 aromatic heterocycles. The third-order valence-electron chi connectivity index (χ3n) is 5.21. The van der Waals surface area contributed by atoms with Crippen molar-refractivity contribution in [1.82, 2.24) is 0 Å². The molecule has 0 saturated heterocycles.